The van der Waals surface area contributed by atoms with Gasteiger partial charge in [-0.3, -0.25) is 4.79 Å². The zero-order valence-electron chi connectivity index (χ0n) is 12.5. The molecule has 1 aliphatic heterocycles. The molecule has 122 valence electrons. The van der Waals surface area contributed by atoms with Gasteiger partial charge in [0.1, 0.15) is 11.6 Å². The minimum atomic E-state index is -0.521. The Labute approximate surface area is 140 Å². The minimum Gasteiger partial charge on any atom is -0.381 e. The molecule has 0 fully saturated rings. The number of aromatic nitrogens is 2. The normalized spacial score (nSPS) is 19.3. The van der Waals surface area contributed by atoms with Crippen molar-refractivity contribution >= 4 is 28.1 Å². The number of benzene rings is 2. The molecule has 3 aromatic rings. The molecule has 1 aliphatic rings. The van der Waals surface area contributed by atoms with Crippen molar-refractivity contribution in [1.29, 1.82) is 0 Å². The highest BCUT2D eigenvalue weighted by Gasteiger charge is 2.32. The molecule has 1 aromatic heterocycles. The van der Waals surface area contributed by atoms with Gasteiger partial charge in [0.05, 0.1) is 16.1 Å². The zero-order chi connectivity index (χ0) is 17.0. The number of nitrogens with one attached hydrogen (secondary N) is 2. The fraction of sp³-hybridized carbons (Fsp3) is 0.176. The predicted octanol–water partition coefficient (Wildman–Crippen LogP) is 3.80. The molecule has 2 atom stereocenters. The Morgan fingerprint density at radius 2 is 2.00 bits per heavy atom. The molecule has 2 aromatic carbocycles. The van der Waals surface area contributed by atoms with Gasteiger partial charge in [-0.1, -0.05) is 17.7 Å². The fourth-order valence-corrected chi connectivity index (χ4v) is 3.46. The van der Waals surface area contributed by atoms with E-state index in [0.29, 0.717) is 22.3 Å². The lowest BCUT2D eigenvalue weighted by Crippen LogP contribution is -2.31. The average molecular weight is 348 g/mol. The molecule has 0 radical (unpaired) electrons. The molecule has 7 heteroatoms. The van der Waals surface area contributed by atoms with Crippen LogP contribution >= 0.6 is 11.6 Å². The van der Waals surface area contributed by atoms with Gasteiger partial charge in [-0.25, -0.2) is 13.9 Å². The fourth-order valence-electron chi connectivity index (χ4n) is 3.35. The largest absolute Gasteiger partial charge is 0.381 e. The summed E-state index contributed by atoms with van der Waals surface area (Å²) in [5.41, 5.74) is 1.30. The van der Waals surface area contributed by atoms with Crippen molar-refractivity contribution in [3.05, 3.63) is 68.6 Å². The molecule has 0 unspecified atom stereocenters. The van der Waals surface area contributed by atoms with Crippen LogP contribution in [0.3, 0.4) is 0 Å². The second-order valence-corrected chi connectivity index (χ2v) is 6.31. The molecule has 0 bridgehead atoms. The van der Waals surface area contributed by atoms with Gasteiger partial charge in [0.2, 0.25) is 0 Å². The number of hydrogen-bond acceptors (Lipinski definition) is 3. The molecule has 0 spiro atoms. The molecule has 24 heavy (non-hydrogen) atoms. The predicted molar refractivity (Wildman–Crippen MR) is 88.7 cm³/mol. The highest BCUT2D eigenvalue weighted by Crippen LogP contribution is 2.40. The smallest absolute Gasteiger partial charge is 0.272 e. The number of aromatic amines is 1. The first-order valence-corrected chi connectivity index (χ1v) is 7.77. The van der Waals surface area contributed by atoms with Crippen LogP contribution in [0.25, 0.3) is 10.8 Å². The van der Waals surface area contributed by atoms with Crippen LogP contribution in [0.15, 0.2) is 35.1 Å². The molecule has 0 saturated heterocycles. The average Bonchev–Trinajstić information content (AvgIpc) is 2.53. The van der Waals surface area contributed by atoms with Crippen molar-refractivity contribution in [3.8, 4) is 0 Å². The Bertz CT molecular complexity index is 1030. The second kappa shape index (κ2) is 5.27. The number of H-pyrrole nitrogens is 1. The summed E-state index contributed by atoms with van der Waals surface area (Å²) in [6, 6.07) is 6.91. The molecular formula is C17H12ClF2N3O. The van der Waals surface area contributed by atoms with Gasteiger partial charge >= 0.3 is 0 Å². The van der Waals surface area contributed by atoms with Crippen molar-refractivity contribution in [1.82, 2.24) is 10.2 Å². The van der Waals surface area contributed by atoms with Crippen molar-refractivity contribution < 1.29 is 8.78 Å². The highest BCUT2D eigenvalue weighted by molar-refractivity contribution is 6.30. The first kappa shape index (κ1) is 15.1. The summed E-state index contributed by atoms with van der Waals surface area (Å²) in [5, 5.41) is 10.6. The monoisotopic (exact) mass is 347 g/mol. The number of nitrogens with zero attached hydrogens (tertiary/aromatic N) is 1. The summed E-state index contributed by atoms with van der Waals surface area (Å²) >= 11 is 5.76. The molecule has 2 N–H and O–H groups in total. The van der Waals surface area contributed by atoms with E-state index in [1.807, 2.05) is 6.92 Å². The topological polar surface area (TPSA) is 57.8 Å². The Balaban J connectivity index is 2.02. The third kappa shape index (κ3) is 2.17. The number of halogens is 3. The zero-order valence-corrected chi connectivity index (χ0v) is 13.3. The Morgan fingerprint density at radius 1 is 1.21 bits per heavy atom. The van der Waals surface area contributed by atoms with Crippen molar-refractivity contribution in [2.24, 2.45) is 0 Å². The molecule has 4 nitrogen and oxygen atoms in total. The van der Waals surface area contributed by atoms with Gasteiger partial charge in [0.25, 0.3) is 5.56 Å². The maximum atomic E-state index is 13.9. The quantitative estimate of drug-likeness (QED) is 0.704. The van der Waals surface area contributed by atoms with Crippen LogP contribution in [-0.4, -0.2) is 16.2 Å². The van der Waals surface area contributed by atoms with Gasteiger partial charge in [-0.05, 0) is 36.8 Å². The maximum Gasteiger partial charge on any atom is 0.272 e. The lowest BCUT2D eigenvalue weighted by Gasteiger charge is -2.32. The van der Waals surface area contributed by atoms with Crippen molar-refractivity contribution in [2.45, 2.75) is 18.9 Å². The summed E-state index contributed by atoms with van der Waals surface area (Å²) in [6.45, 7) is 1.89. The van der Waals surface area contributed by atoms with Gasteiger partial charge in [0.15, 0.2) is 0 Å². The lowest BCUT2D eigenvalue weighted by molar-refractivity contribution is 0.608. The van der Waals surface area contributed by atoms with Crippen LogP contribution < -0.4 is 10.9 Å². The first-order chi connectivity index (χ1) is 11.5. The molecule has 4 rings (SSSR count). The summed E-state index contributed by atoms with van der Waals surface area (Å²) in [4.78, 5) is 12.0. The van der Waals surface area contributed by atoms with Crippen LogP contribution in [0.4, 0.5) is 14.5 Å². The first-order valence-electron chi connectivity index (χ1n) is 7.39. The van der Waals surface area contributed by atoms with E-state index in [0.717, 1.165) is 0 Å². The summed E-state index contributed by atoms with van der Waals surface area (Å²) in [6.07, 6.45) is 0. The third-order valence-corrected chi connectivity index (χ3v) is 4.67. The van der Waals surface area contributed by atoms with Crippen LogP contribution in [0.2, 0.25) is 5.02 Å². The van der Waals surface area contributed by atoms with Crippen molar-refractivity contribution in [3.63, 3.8) is 0 Å². The van der Waals surface area contributed by atoms with E-state index in [-0.39, 0.29) is 22.4 Å². The SMILES string of the molecule is C[C@H]1Nc2cc(F)cc3c(=O)[nH]nc(c23)[C@@H]1c1ccc(Cl)c(F)c1. The maximum absolute atomic E-state index is 13.9. The third-order valence-electron chi connectivity index (χ3n) is 4.36. The highest BCUT2D eigenvalue weighted by atomic mass is 35.5. The van der Waals surface area contributed by atoms with Gasteiger partial charge in [-0.15, -0.1) is 0 Å². The summed E-state index contributed by atoms with van der Waals surface area (Å²) < 4.78 is 27.7. The molecule has 0 amide bonds. The molecule has 0 aliphatic carbocycles. The van der Waals surface area contributed by atoms with E-state index in [1.165, 1.54) is 24.3 Å². The number of rotatable bonds is 1. The standard InChI is InChI=1S/C17H12ClF2N3O/c1-7-14(8-2-3-11(18)12(20)4-8)16-15-10(17(24)23-22-16)5-9(19)6-13(15)21-7/h2-7,14,21H,1H3,(H,23,24)/t7-,14+/m1/s1. The summed E-state index contributed by atoms with van der Waals surface area (Å²) in [7, 11) is 0. The second-order valence-electron chi connectivity index (χ2n) is 5.90. The number of anilines is 1. The van der Waals surface area contributed by atoms with Gasteiger partial charge < -0.3 is 5.32 Å². The molecular weight excluding hydrogens is 336 g/mol. The van der Waals surface area contributed by atoms with E-state index >= 15 is 0 Å². The summed E-state index contributed by atoms with van der Waals surface area (Å²) in [5.74, 6) is -1.34. The van der Waals surface area contributed by atoms with E-state index in [2.05, 4.69) is 15.5 Å². The number of hydrogen-bond donors (Lipinski definition) is 2. The van der Waals surface area contributed by atoms with Crippen molar-refractivity contribution in [2.75, 3.05) is 5.32 Å². The lowest BCUT2D eigenvalue weighted by atomic mass is 9.83. The van der Waals surface area contributed by atoms with E-state index < -0.39 is 17.2 Å². The van der Waals surface area contributed by atoms with Crippen LogP contribution in [0.1, 0.15) is 24.1 Å². The van der Waals surface area contributed by atoms with E-state index in [4.69, 9.17) is 11.6 Å². The van der Waals surface area contributed by atoms with Gasteiger partial charge in [-0.2, -0.15) is 5.10 Å². The molecule has 0 saturated carbocycles. The van der Waals surface area contributed by atoms with E-state index in [1.54, 1.807) is 6.07 Å². The Hall–Kier alpha value is -2.47. The van der Waals surface area contributed by atoms with Gasteiger partial charge in [0, 0.05) is 23.0 Å². The minimum absolute atomic E-state index is 0.0391. The Kier molecular flexibility index (Phi) is 3.31. The Morgan fingerprint density at radius 3 is 2.75 bits per heavy atom. The van der Waals surface area contributed by atoms with Crippen LogP contribution in [0, 0.1) is 11.6 Å². The van der Waals surface area contributed by atoms with Crippen LogP contribution in [-0.2, 0) is 0 Å². The molecule has 2 heterocycles. The van der Waals surface area contributed by atoms with E-state index in [9.17, 15) is 13.6 Å². The van der Waals surface area contributed by atoms with Crippen LogP contribution in [0.5, 0.6) is 0 Å².